The Balaban J connectivity index is 1.61. The summed E-state index contributed by atoms with van der Waals surface area (Å²) in [5.41, 5.74) is 0.693. The molecule has 0 bridgehead atoms. The van der Waals surface area contributed by atoms with Crippen LogP contribution in [-0.4, -0.2) is 22.6 Å². The highest BCUT2D eigenvalue weighted by molar-refractivity contribution is 5.93. The molecule has 0 aliphatic heterocycles. The van der Waals surface area contributed by atoms with E-state index in [1.165, 1.54) is 18.2 Å². The van der Waals surface area contributed by atoms with Gasteiger partial charge in [0.25, 0.3) is 5.91 Å². The zero-order valence-electron chi connectivity index (χ0n) is 13.5. The predicted molar refractivity (Wildman–Crippen MR) is 87.2 cm³/mol. The van der Waals surface area contributed by atoms with E-state index in [4.69, 9.17) is 4.52 Å². The minimum atomic E-state index is -4.40. The first-order valence-corrected chi connectivity index (χ1v) is 7.75. The number of nitrogens with zero attached hydrogens (tertiary/aromatic N) is 2. The first kappa shape index (κ1) is 17.7. The molecule has 0 unspecified atom stereocenters. The maximum Gasteiger partial charge on any atom is 0.416 e. The van der Waals surface area contributed by atoms with Crippen LogP contribution in [0.5, 0.6) is 0 Å². The molecule has 0 aliphatic rings. The number of carbonyl (C=O) groups excluding carboxylic acids is 1. The van der Waals surface area contributed by atoms with Crippen LogP contribution in [0.15, 0.2) is 59.4 Å². The molecule has 2 heterocycles. The van der Waals surface area contributed by atoms with Gasteiger partial charge in [0.05, 0.1) is 5.56 Å². The fourth-order valence-corrected chi connectivity index (χ4v) is 2.30. The van der Waals surface area contributed by atoms with Gasteiger partial charge in [0.15, 0.2) is 11.5 Å². The van der Waals surface area contributed by atoms with Crippen molar-refractivity contribution in [1.82, 2.24) is 15.5 Å². The molecule has 0 saturated heterocycles. The highest BCUT2D eigenvalue weighted by atomic mass is 19.4. The van der Waals surface area contributed by atoms with Gasteiger partial charge >= 0.3 is 6.18 Å². The third-order valence-electron chi connectivity index (χ3n) is 3.66. The van der Waals surface area contributed by atoms with Gasteiger partial charge < -0.3 is 9.84 Å². The zero-order valence-corrected chi connectivity index (χ0v) is 13.5. The van der Waals surface area contributed by atoms with E-state index in [9.17, 15) is 18.0 Å². The van der Waals surface area contributed by atoms with Crippen LogP contribution in [0.25, 0.3) is 11.3 Å². The van der Waals surface area contributed by atoms with Crippen LogP contribution in [0.1, 0.15) is 21.6 Å². The molecule has 8 heteroatoms. The molecule has 0 atom stereocenters. The van der Waals surface area contributed by atoms with Gasteiger partial charge in [-0.15, -0.1) is 0 Å². The SMILES string of the molecule is O=C(NCCc1cccnc1)c1cc(-c2ccc(C(F)(F)F)cc2)on1. The maximum absolute atomic E-state index is 12.6. The van der Waals surface area contributed by atoms with Crippen molar-refractivity contribution in [2.24, 2.45) is 0 Å². The van der Waals surface area contributed by atoms with E-state index >= 15 is 0 Å². The number of pyridine rings is 1. The van der Waals surface area contributed by atoms with Crippen molar-refractivity contribution in [3.8, 4) is 11.3 Å². The van der Waals surface area contributed by atoms with Gasteiger partial charge in [-0.3, -0.25) is 9.78 Å². The van der Waals surface area contributed by atoms with Gasteiger partial charge in [-0.25, -0.2) is 0 Å². The standard InChI is InChI=1S/C18H14F3N3O2/c19-18(20,21)14-5-3-13(4-6-14)16-10-15(24-26-16)17(25)23-9-7-12-2-1-8-22-11-12/h1-6,8,10-11H,7,9H2,(H,23,25). The summed E-state index contributed by atoms with van der Waals surface area (Å²) >= 11 is 0. The Morgan fingerprint density at radius 1 is 1.15 bits per heavy atom. The summed E-state index contributed by atoms with van der Waals surface area (Å²) in [7, 11) is 0. The molecule has 1 amide bonds. The first-order valence-electron chi connectivity index (χ1n) is 7.75. The second-order valence-electron chi connectivity index (χ2n) is 5.52. The number of nitrogens with one attached hydrogen (secondary N) is 1. The van der Waals surface area contributed by atoms with Crippen LogP contribution in [0.4, 0.5) is 13.2 Å². The van der Waals surface area contributed by atoms with Crippen molar-refractivity contribution in [2.45, 2.75) is 12.6 Å². The number of hydrogen-bond donors (Lipinski definition) is 1. The highest BCUT2D eigenvalue weighted by Crippen LogP contribution is 2.31. The third kappa shape index (κ3) is 4.27. The molecule has 2 aromatic heterocycles. The van der Waals surface area contributed by atoms with Crippen LogP contribution < -0.4 is 5.32 Å². The lowest BCUT2D eigenvalue weighted by Gasteiger charge is -2.06. The van der Waals surface area contributed by atoms with Crippen molar-refractivity contribution >= 4 is 5.91 Å². The number of aromatic nitrogens is 2. The van der Waals surface area contributed by atoms with E-state index in [0.29, 0.717) is 18.5 Å². The summed E-state index contributed by atoms with van der Waals surface area (Å²) in [6, 6.07) is 9.54. The summed E-state index contributed by atoms with van der Waals surface area (Å²) in [5.74, 6) is -0.202. The smallest absolute Gasteiger partial charge is 0.355 e. The Morgan fingerprint density at radius 2 is 1.92 bits per heavy atom. The Kier molecular flexibility index (Phi) is 5.01. The minimum absolute atomic E-state index is 0.0612. The Bertz CT molecular complexity index is 875. The van der Waals surface area contributed by atoms with Gasteiger partial charge in [-0.2, -0.15) is 13.2 Å². The van der Waals surface area contributed by atoms with Gasteiger partial charge in [0.1, 0.15) is 0 Å². The second-order valence-corrected chi connectivity index (χ2v) is 5.52. The number of amides is 1. The number of halogens is 3. The third-order valence-corrected chi connectivity index (χ3v) is 3.66. The minimum Gasteiger partial charge on any atom is -0.355 e. The normalized spacial score (nSPS) is 11.3. The maximum atomic E-state index is 12.6. The zero-order chi connectivity index (χ0) is 18.6. The van der Waals surface area contributed by atoms with Crippen LogP contribution in [0.3, 0.4) is 0 Å². The van der Waals surface area contributed by atoms with Crippen molar-refractivity contribution < 1.29 is 22.5 Å². The van der Waals surface area contributed by atoms with E-state index < -0.39 is 17.6 Å². The molecule has 3 aromatic rings. The van der Waals surface area contributed by atoms with E-state index in [1.54, 1.807) is 12.4 Å². The van der Waals surface area contributed by atoms with Gasteiger partial charge in [-0.05, 0) is 30.2 Å². The molecule has 0 spiro atoms. The van der Waals surface area contributed by atoms with Crippen molar-refractivity contribution in [3.05, 3.63) is 71.7 Å². The lowest BCUT2D eigenvalue weighted by molar-refractivity contribution is -0.137. The molecule has 0 aliphatic carbocycles. The van der Waals surface area contributed by atoms with Crippen molar-refractivity contribution in [2.75, 3.05) is 6.54 Å². The van der Waals surface area contributed by atoms with Crippen LogP contribution in [-0.2, 0) is 12.6 Å². The lowest BCUT2D eigenvalue weighted by atomic mass is 10.1. The molecular formula is C18H14F3N3O2. The average Bonchev–Trinajstić information content (AvgIpc) is 3.12. The number of benzene rings is 1. The average molecular weight is 361 g/mol. The molecular weight excluding hydrogens is 347 g/mol. The fraction of sp³-hybridized carbons (Fsp3) is 0.167. The number of hydrogen-bond acceptors (Lipinski definition) is 4. The van der Waals surface area contributed by atoms with Crippen LogP contribution >= 0.6 is 0 Å². The number of alkyl halides is 3. The molecule has 1 aromatic carbocycles. The van der Waals surface area contributed by atoms with Gasteiger partial charge in [0, 0.05) is 30.6 Å². The summed E-state index contributed by atoms with van der Waals surface area (Å²) in [6.07, 6.45) is -0.409. The van der Waals surface area contributed by atoms with E-state index in [-0.39, 0.29) is 11.5 Å². The Labute approximate surface area is 146 Å². The first-order chi connectivity index (χ1) is 12.4. The molecule has 5 nitrogen and oxygen atoms in total. The molecule has 0 saturated carbocycles. The van der Waals surface area contributed by atoms with E-state index in [1.807, 2.05) is 12.1 Å². The van der Waals surface area contributed by atoms with E-state index in [0.717, 1.165) is 17.7 Å². The second kappa shape index (κ2) is 7.38. The summed E-state index contributed by atoms with van der Waals surface area (Å²) in [4.78, 5) is 16.1. The quantitative estimate of drug-likeness (QED) is 0.752. The molecule has 26 heavy (non-hydrogen) atoms. The van der Waals surface area contributed by atoms with Crippen molar-refractivity contribution in [3.63, 3.8) is 0 Å². The molecule has 0 fully saturated rings. The Morgan fingerprint density at radius 3 is 2.58 bits per heavy atom. The largest absolute Gasteiger partial charge is 0.416 e. The van der Waals surface area contributed by atoms with Gasteiger partial charge in [-0.1, -0.05) is 23.4 Å². The van der Waals surface area contributed by atoms with Gasteiger partial charge in [0.2, 0.25) is 0 Å². The van der Waals surface area contributed by atoms with Crippen LogP contribution in [0.2, 0.25) is 0 Å². The number of rotatable bonds is 5. The highest BCUT2D eigenvalue weighted by Gasteiger charge is 2.30. The summed E-state index contributed by atoms with van der Waals surface area (Å²) in [5, 5.41) is 6.37. The molecule has 3 rings (SSSR count). The lowest BCUT2D eigenvalue weighted by Crippen LogP contribution is -2.25. The molecule has 1 N–H and O–H groups in total. The summed E-state index contributed by atoms with van der Waals surface area (Å²) < 4.78 is 42.8. The molecule has 134 valence electrons. The topological polar surface area (TPSA) is 68.0 Å². The van der Waals surface area contributed by atoms with E-state index in [2.05, 4.69) is 15.5 Å². The van der Waals surface area contributed by atoms with Crippen LogP contribution in [0, 0.1) is 0 Å². The monoisotopic (exact) mass is 361 g/mol. The Hall–Kier alpha value is -3.16. The fourth-order valence-electron chi connectivity index (χ4n) is 2.30. The van der Waals surface area contributed by atoms with Crippen molar-refractivity contribution in [1.29, 1.82) is 0 Å². The predicted octanol–water partition coefficient (Wildman–Crippen LogP) is 3.73. The summed E-state index contributed by atoms with van der Waals surface area (Å²) in [6.45, 7) is 0.396. The number of carbonyl (C=O) groups is 1. The molecule has 0 radical (unpaired) electrons.